The number of hydrogen-bond acceptors (Lipinski definition) is 8. The Hall–Kier alpha value is -2.62. The summed E-state index contributed by atoms with van der Waals surface area (Å²) in [4.78, 5) is 11.1. The van der Waals surface area contributed by atoms with Gasteiger partial charge in [0, 0.05) is 6.92 Å². The lowest BCUT2D eigenvalue weighted by Crippen LogP contribution is -2.10. The third-order valence-electron chi connectivity index (χ3n) is 2.45. The predicted molar refractivity (Wildman–Crippen MR) is 83.4 cm³/mol. The number of hydrazone groups is 1. The van der Waals surface area contributed by atoms with Crippen LogP contribution in [0.15, 0.2) is 28.0 Å². The third kappa shape index (κ3) is 3.73. The van der Waals surface area contributed by atoms with Gasteiger partial charge in [-0.2, -0.15) is 5.10 Å². The van der Waals surface area contributed by atoms with Gasteiger partial charge in [0.1, 0.15) is 6.33 Å². The number of hydrogen-bond donors (Lipinski definition) is 2. The van der Waals surface area contributed by atoms with Crippen LogP contribution in [0.3, 0.4) is 0 Å². The molecule has 1 aromatic heterocycles. The van der Waals surface area contributed by atoms with Gasteiger partial charge in [0.2, 0.25) is 0 Å². The highest BCUT2D eigenvalue weighted by molar-refractivity contribution is 9.10. The van der Waals surface area contributed by atoms with E-state index in [1.54, 1.807) is 12.1 Å². The van der Waals surface area contributed by atoms with Gasteiger partial charge < -0.3 is 15.3 Å². The maximum absolute atomic E-state index is 11.1. The number of ether oxygens (including phenoxy) is 2. The molecule has 1 aromatic carbocycles. The predicted octanol–water partition coefficient (Wildman–Crippen LogP) is 1.13. The molecule has 0 saturated carbocycles. The van der Waals surface area contributed by atoms with E-state index in [0.717, 1.165) is 0 Å². The molecule has 0 amide bonds. The van der Waals surface area contributed by atoms with Gasteiger partial charge in [0.05, 0.1) is 17.8 Å². The van der Waals surface area contributed by atoms with Crippen LogP contribution < -0.4 is 20.7 Å². The quantitative estimate of drug-likeness (QED) is 0.267. The molecular formula is C12H13BrN6O3. The molecule has 0 spiro atoms. The number of nitrogens with one attached hydrogen (secondary N) is 1. The first-order valence-corrected chi connectivity index (χ1v) is 6.80. The minimum absolute atomic E-state index is 0.291. The van der Waals surface area contributed by atoms with Crippen LogP contribution >= 0.6 is 15.9 Å². The summed E-state index contributed by atoms with van der Waals surface area (Å²) in [5, 5.41) is 11.3. The van der Waals surface area contributed by atoms with E-state index in [9.17, 15) is 4.79 Å². The molecule has 1 heterocycles. The summed E-state index contributed by atoms with van der Waals surface area (Å²) in [6, 6.07) is 3.39. The van der Waals surface area contributed by atoms with E-state index in [-0.39, 0.29) is 0 Å². The summed E-state index contributed by atoms with van der Waals surface area (Å²) in [7, 11) is 1.48. The number of anilines is 1. The number of nitrogen functional groups attached to an aromatic ring is 1. The van der Waals surface area contributed by atoms with Crippen LogP contribution in [0.1, 0.15) is 12.5 Å². The van der Waals surface area contributed by atoms with Crippen LogP contribution in [0, 0.1) is 0 Å². The zero-order valence-electron chi connectivity index (χ0n) is 11.8. The highest BCUT2D eigenvalue weighted by atomic mass is 79.9. The van der Waals surface area contributed by atoms with Gasteiger partial charge >= 0.3 is 5.97 Å². The molecule has 0 saturated heterocycles. The second-order valence-electron chi connectivity index (χ2n) is 4.06. The summed E-state index contributed by atoms with van der Waals surface area (Å²) in [6.45, 7) is 1.31. The SMILES string of the molecule is COc1cc(/C=N\Nc2nncn2N)cc(Br)c1OC(C)=O. The summed E-state index contributed by atoms with van der Waals surface area (Å²) >= 11 is 3.32. The molecule has 22 heavy (non-hydrogen) atoms. The second-order valence-corrected chi connectivity index (χ2v) is 4.91. The topological polar surface area (TPSA) is 117 Å². The Balaban J connectivity index is 2.19. The molecule has 0 aliphatic heterocycles. The smallest absolute Gasteiger partial charge is 0.308 e. The van der Waals surface area contributed by atoms with Crippen molar-refractivity contribution in [3.8, 4) is 11.5 Å². The van der Waals surface area contributed by atoms with Gasteiger partial charge in [0.25, 0.3) is 5.95 Å². The fourth-order valence-corrected chi connectivity index (χ4v) is 2.08. The standard InChI is InChI=1S/C12H13BrN6O3/c1-7(20)22-11-9(13)3-8(4-10(11)21-2)5-15-17-12-18-16-6-19(12)14/h3-6H,14H2,1-2H3,(H,17,18)/b15-5-. The molecule has 2 aromatic rings. The van der Waals surface area contributed by atoms with E-state index in [2.05, 4.69) is 36.7 Å². The minimum atomic E-state index is -0.440. The number of benzene rings is 1. The Kier molecular flexibility index (Phi) is 4.94. The number of aromatic nitrogens is 3. The Bertz CT molecular complexity index is 715. The fraction of sp³-hybridized carbons (Fsp3) is 0.167. The Morgan fingerprint density at radius 2 is 2.32 bits per heavy atom. The van der Waals surface area contributed by atoms with Crippen LogP contribution in [-0.4, -0.2) is 34.2 Å². The van der Waals surface area contributed by atoms with Crippen molar-refractivity contribution in [2.45, 2.75) is 6.92 Å². The van der Waals surface area contributed by atoms with E-state index < -0.39 is 5.97 Å². The minimum Gasteiger partial charge on any atom is -0.493 e. The van der Waals surface area contributed by atoms with E-state index in [1.165, 1.54) is 31.3 Å². The zero-order chi connectivity index (χ0) is 16.1. The first kappa shape index (κ1) is 15.8. The van der Waals surface area contributed by atoms with Gasteiger partial charge in [-0.05, 0) is 33.6 Å². The molecule has 0 aliphatic carbocycles. The maximum Gasteiger partial charge on any atom is 0.308 e. The molecule has 0 fully saturated rings. The summed E-state index contributed by atoms with van der Waals surface area (Å²) < 4.78 is 12.0. The molecule has 0 atom stereocenters. The molecule has 9 nitrogen and oxygen atoms in total. The number of nitrogens with two attached hydrogens (primary N) is 1. The number of nitrogens with zero attached hydrogens (tertiary/aromatic N) is 4. The molecule has 0 aliphatic rings. The third-order valence-corrected chi connectivity index (χ3v) is 3.04. The van der Waals surface area contributed by atoms with Gasteiger partial charge in [-0.25, -0.2) is 10.1 Å². The summed E-state index contributed by atoms with van der Waals surface area (Å²) in [5.41, 5.74) is 3.34. The molecule has 116 valence electrons. The van der Waals surface area contributed by atoms with E-state index >= 15 is 0 Å². The van der Waals surface area contributed by atoms with Crippen molar-refractivity contribution in [3.63, 3.8) is 0 Å². The average molecular weight is 369 g/mol. The summed E-state index contributed by atoms with van der Waals surface area (Å²) in [5.74, 6) is 6.09. The lowest BCUT2D eigenvalue weighted by Gasteiger charge is -2.10. The molecule has 2 rings (SSSR count). The van der Waals surface area contributed by atoms with E-state index in [0.29, 0.717) is 27.5 Å². The van der Waals surface area contributed by atoms with Crippen molar-refractivity contribution in [2.75, 3.05) is 18.4 Å². The lowest BCUT2D eigenvalue weighted by molar-refractivity contribution is -0.132. The Morgan fingerprint density at radius 3 is 2.91 bits per heavy atom. The van der Waals surface area contributed by atoms with E-state index in [4.69, 9.17) is 15.3 Å². The highest BCUT2D eigenvalue weighted by Gasteiger charge is 2.13. The number of halogens is 1. The van der Waals surface area contributed by atoms with Crippen molar-refractivity contribution in [2.24, 2.45) is 5.10 Å². The van der Waals surface area contributed by atoms with Crippen LogP contribution in [-0.2, 0) is 4.79 Å². The van der Waals surface area contributed by atoms with Crippen molar-refractivity contribution in [1.82, 2.24) is 14.9 Å². The highest BCUT2D eigenvalue weighted by Crippen LogP contribution is 2.36. The normalized spacial score (nSPS) is 10.7. The Labute approximate surface area is 134 Å². The largest absolute Gasteiger partial charge is 0.493 e. The summed E-state index contributed by atoms with van der Waals surface area (Å²) in [6.07, 6.45) is 2.87. The van der Waals surface area contributed by atoms with Crippen molar-refractivity contribution in [3.05, 3.63) is 28.5 Å². The van der Waals surface area contributed by atoms with Crippen LogP contribution in [0.2, 0.25) is 0 Å². The van der Waals surface area contributed by atoms with Gasteiger partial charge in [0.15, 0.2) is 11.5 Å². The monoisotopic (exact) mass is 368 g/mol. The van der Waals surface area contributed by atoms with Gasteiger partial charge in [-0.15, -0.1) is 10.2 Å². The van der Waals surface area contributed by atoms with E-state index in [1.807, 2.05) is 0 Å². The lowest BCUT2D eigenvalue weighted by atomic mass is 10.2. The van der Waals surface area contributed by atoms with Gasteiger partial charge in [-0.3, -0.25) is 4.79 Å². The van der Waals surface area contributed by atoms with Crippen LogP contribution in [0.4, 0.5) is 5.95 Å². The number of methoxy groups -OCH3 is 1. The molecule has 10 heteroatoms. The number of rotatable bonds is 5. The molecule has 0 unspecified atom stereocenters. The zero-order valence-corrected chi connectivity index (χ0v) is 13.4. The van der Waals surface area contributed by atoms with Crippen molar-refractivity contribution >= 4 is 34.1 Å². The van der Waals surface area contributed by atoms with Crippen LogP contribution in [0.5, 0.6) is 11.5 Å². The Morgan fingerprint density at radius 1 is 1.55 bits per heavy atom. The molecular weight excluding hydrogens is 356 g/mol. The maximum atomic E-state index is 11.1. The molecule has 0 radical (unpaired) electrons. The number of carbonyl (C=O) groups is 1. The molecule has 3 N–H and O–H groups in total. The first-order chi connectivity index (χ1) is 10.5. The average Bonchev–Trinajstić information content (AvgIpc) is 2.86. The van der Waals surface area contributed by atoms with Gasteiger partial charge in [-0.1, -0.05) is 0 Å². The fourth-order valence-electron chi connectivity index (χ4n) is 1.54. The number of carbonyl (C=O) groups excluding carboxylic acids is 1. The first-order valence-electron chi connectivity index (χ1n) is 6.01. The number of esters is 1. The van der Waals surface area contributed by atoms with Crippen molar-refractivity contribution in [1.29, 1.82) is 0 Å². The second kappa shape index (κ2) is 6.89. The van der Waals surface area contributed by atoms with Crippen molar-refractivity contribution < 1.29 is 14.3 Å². The van der Waals surface area contributed by atoms with Crippen LogP contribution in [0.25, 0.3) is 0 Å². The molecule has 0 bridgehead atoms.